The molecule has 0 radical (unpaired) electrons. The molecular formula is C10H16N2O. The minimum absolute atomic E-state index is 0.0558. The van der Waals surface area contributed by atoms with Gasteiger partial charge in [-0.2, -0.15) is 0 Å². The summed E-state index contributed by atoms with van der Waals surface area (Å²) in [6.45, 7) is 14.2. The summed E-state index contributed by atoms with van der Waals surface area (Å²) in [6, 6.07) is 0.0592. The summed E-state index contributed by atoms with van der Waals surface area (Å²) < 4.78 is 0. The third kappa shape index (κ3) is 2.73. The van der Waals surface area contributed by atoms with E-state index >= 15 is 0 Å². The molecule has 0 atom stereocenters. The van der Waals surface area contributed by atoms with E-state index < -0.39 is 0 Å². The molecule has 0 N–H and O–H groups in total. The molecule has 13 heavy (non-hydrogen) atoms. The number of nitrogens with zero attached hydrogens (tertiary/aromatic N) is 2. The average molecular weight is 180 g/mol. The van der Waals surface area contributed by atoms with Gasteiger partial charge < -0.3 is 9.74 Å². The van der Waals surface area contributed by atoms with Crippen molar-refractivity contribution in [3.05, 3.63) is 11.4 Å². The fourth-order valence-electron chi connectivity index (χ4n) is 1.31. The molecule has 0 saturated carbocycles. The molecule has 3 heteroatoms. The normalized spacial score (nSPS) is 17.8. The third-order valence-corrected chi connectivity index (χ3v) is 2.08. The van der Waals surface area contributed by atoms with Crippen molar-refractivity contribution in [3.8, 4) is 0 Å². The van der Waals surface area contributed by atoms with Gasteiger partial charge in [-0.05, 0) is 5.41 Å². The third-order valence-electron chi connectivity index (χ3n) is 2.08. The number of hydrogen-bond acceptors (Lipinski definition) is 1. The van der Waals surface area contributed by atoms with Gasteiger partial charge in [-0.25, -0.2) is 6.57 Å². The van der Waals surface area contributed by atoms with E-state index in [1.165, 1.54) is 0 Å². The molecule has 0 aromatic carbocycles. The second kappa shape index (κ2) is 3.37. The van der Waals surface area contributed by atoms with Crippen LogP contribution in [0.5, 0.6) is 0 Å². The van der Waals surface area contributed by atoms with Crippen LogP contribution in [-0.4, -0.2) is 29.9 Å². The van der Waals surface area contributed by atoms with Gasteiger partial charge >= 0.3 is 0 Å². The maximum atomic E-state index is 11.5. The number of likely N-dealkylation sites (tertiary alicyclic amines) is 1. The van der Waals surface area contributed by atoms with Gasteiger partial charge in [0.2, 0.25) is 5.91 Å². The van der Waals surface area contributed by atoms with Crippen molar-refractivity contribution in [1.82, 2.24) is 4.90 Å². The van der Waals surface area contributed by atoms with Crippen LogP contribution in [0.15, 0.2) is 0 Å². The number of carbonyl (C=O) groups is 1. The topological polar surface area (TPSA) is 24.7 Å². The van der Waals surface area contributed by atoms with Gasteiger partial charge in [0.1, 0.15) is 0 Å². The lowest BCUT2D eigenvalue weighted by molar-refractivity contribution is -0.136. The van der Waals surface area contributed by atoms with Crippen LogP contribution < -0.4 is 0 Å². The Morgan fingerprint density at radius 2 is 2.08 bits per heavy atom. The predicted molar refractivity (Wildman–Crippen MR) is 51.0 cm³/mol. The van der Waals surface area contributed by atoms with Gasteiger partial charge in [0, 0.05) is 6.42 Å². The van der Waals surface area contributed by atoms with E-state index in [2.05, 4.69) is 25.6 Å². The summed E-state index contributed by atoms with van der Waals surface area (Å²) in [7, 11) is 0. The number of hydrogen-bond donors (Lipinski definition) is 0. The molecule has 0 aromatic heterocycles. The maximum Gasteiger partial charge on any atom is 0.258 e. The maximum absolute atomic E-state index is 11.5. The first-order chi connectivity index (χ1) is 5.92. The lowest BCUT2D eigenvalue weighted by atomic mass is 9.91. The van der Waals surface area contributed by atoms with E-state index in [1.807, 2.05) is 0 Å². The molecule has 0 aliphatic carbocycles. The number of carbonyl (C=O) groups excluding carboxylic acids is 1. The van der Waals surface area contributed by atoms with E-state index in [0.29, 0.717) is 19.5 Å². The zero-order valence-corrected chi connectivity index (χ0v) is 8.50. The van der Waals surface area contributed by atoms with Gasteiger partial charge in [0.15, 0.2) is 0 Å². The SMILES string of the molecule is [C-]#[N+]C1CN(C(=O)CC(C)(C)C)C1. The summed E-state index contributed by atoms with van der Waals surface area (Å²) in [5.41, 5.74) is 0.0558. The van der Waals surface area contributed by atoms with Crippen molar-refractivity contribution < 1.29 is 4.79 Å². The standard InChI is InChI=1S/C10H16N2O/c1-10(2,3)5-9(13)12-6-8(7-12)11-4/h8H,5-7H2,1-3H3. The van der Waals surface area contributed by atoms with Crippen molar-refractivity contribution >= 4 is 5.91 Å². The van der Waals surface area contributed by atoms with Gasteiger partial charge in [-0.1, -0.05) is 20.8 Å². The fraction of sp³-hybridized carbons (Fsp3) is 0.800. The Kier molecular flexibility index (Phi) is 2.60. The lowest BCUT2D eigenvalue weighted by Crippen LogP contribution is -2.52. The van der Waals surface area contributed by atoms with Crippen LogP contribution in [0.4, 0.5) is 0 Å². The molecule has 1 aliphatic heterocycles. The van der Waals surface area contributed by atoms with Crippen LogP contribution >= 0.6 is 0 Å². The second-order valence-electron chi connectivity index (χ2n) is 4.82. The molecular weight excluding hydrogens is 164 g/mol. The Hall–Kier alpha value is -1.04. The summed E-state index contributed by atoms with van der Waals surface area (Å²) in [4.78, 5) is 16.7. The van der Waals surface area contributed by atoms with Crippen LogP contribution in [0, 0.1) is 12.0 Å². The van der Waals surface area contributed by atoms with Crippen molar-refractivity contribution in [2.45, 2.75) is 33.2 Å². The van der Waals surface area contributed by atoms with Gasteiger partial charge in [-0.15, -0.1) is 0 Å². The molecule has 1 saturated heterocycles. The Balaban J connectivity index is 2.33. The predicted octanol–water partition coefficient (Wildman–Crippen LogP) is 1.55. The van der Waals surface area contributed by atoms with Gasteiger partial charge in [0.05, 0.1) is 13.1 Å². The quantitative estimate of drug-likeness (QED) is 0.562. The fourth-order valence-corrected chi connectivity index (χ4v) is 1.31. The Morgan fingerprint density at radius 1 is 1.54 bits per heavy atom. The van der Waals surface area contributed by atoms with Gasteiger partial charge in [-0.3, -0.25) is 4.79 Å². The van der Waals surface area contributed by atoms with Crippen LogP contribution in [0.25, 0.3) is 4.85 Å². The largest absolute Gasteiger partial charge is 0.327 e. The van der Waals surface area contributed by atoms with E-state index in [-0.39, 0.29) is 17.4 Å². The van der Waals surface area contributed by atoms with Gasteiger partial charge in [0.25, 0.3) is 6.04 Å². The smallest absolute Gasteiger partial charge is 0.258 e. The molecule has 1 aliphatic rings. The molecule has 1 rings (SSSR count). The molecule has 1 heterocycles. The minimum Gasteiger partial charge on any atom is -0.327 e. The van der Waals surface area contributed by atoms with E-state index in [4.69, 9.17) is 6.57 Å². The van der Waals surface area contributed by atoms with E-state index in [0.717, 1.165) is 0 Å². The Morgan fingerprint density at radius 3 is 2.46 bits per heavy atom. The first-order valence-corrected chi connectivity index (χ1v) is 4.57. The van der Waals surface area contributed by atoms with Crippen LogP contribution in [0.2, 0.25) is 0 Å². The Labute approximate surface area is 79.5 Å². The highest BCUT2D eigenvalue weighted by atomic mass is 16.2. The summed E-state index contributed by atoms with van der Waals surface area (Å²) in [6.07, 6.45) is 0.581. The summed E-state index contributed by atoms with van der Waals surface area (Å²) in [5.74, 6) is 0.187. The molecule has 0 spiro atoms. The van der Waals surface area contributed by atoms with E-state index in [9.17, 15) is 4.79 Å². The van der Waals surface area contributed by atoms with E-state index in [1.54, 1.807) is 4.90 Å². The van der Waals surface area contributed by atoms with Crippen LogP contribution in [-0.2, 0) is 4.79 Å². The molecule has 1 fully saturated rings. The summed E-state index contributed by atoms with van der Waals surface area (Å²) >= 11 is 0. The molecule has 72 valence electrons. The van der Waals surface area contributed by atoms with Crippen molar-refractivity contribution in [1.29, 1.82) is 0 Å². The molecule has 0 unspecified atom stereocenters. The highest BCUT2D eigenvalue weighted by Crippen LogP contribution is 2.22. The summed E-state index contributed by atoms with van der Waals surface area (Å²) in [5, 5.41) is 0. The number of amides is 1. The number of rotatable bonds is 1. The first-order valence-electron chi connectivity index (χ1n) is 4.57. The highest BCUT2D eigenvalue weighted by molar-refractivity contribution is 5.77. The van der Waals surface area contributed by atoms with Crippen LogP contribution in [0.3, 0.4) is 0 Å². The highest BCUT2D eigenvalue weighted by Gasteiger charge is 2.35. The molecule has 3 nitrogen and oxygen atoms in total. The zero-order chi connectivity index (χ0) is 10.1. The Bertz CT molecular complexity index is 241. The minimum atomic E-state index is 0.0558. The molecule has 1 amide bonds. The van der Waals surface area contributed by atoms with Crippen molar-refractivity contribution in [3.63, 3.8) is 0 Å². The zero-order valence-electron chi connectivity index (χ0n) is 8.50. The van der Waals surface area contributed by atoms with Crippen molar-refractivity contribution in [2.75, 3.05) is 13.1 Å². The average Bonchev–Trinajstić information content (AvgIpc) is 1.79. The molecule has 0 bridgehead atoms. The first kappa shape index (κ1) is 10.0. The molecule has 0 aromatic rings. The second-order valence-corrected chi connectivity index (χ2v) is 4.82. The van der Waals surface area contributed by atoms with Crippen LogP contribution in [0.1, 0.15) is 27.2 Å². The lowest BCUT2D eigenvalue weighted by Gasteiger charge is -2.33. The van der Waals surface area contributed by atoms with Crippen molar-refractivity contribution in [2.24, 2.45) is 5.41 Å². The monoisotopic (exact) mass is 180 g/mol.